The molecule has 2 N–H and O–H groups in total. The Labute approximate surface area is 148 Å². The molecule has 3 aliphatic rings. The minimum absolute atomic E-state index is 0.0998. The Kier molecular flexibility index (Phi) is 4.67. The number of aromatic nitrogens is 3. The van der Waals surface area contributed by atoms with E-state index in [1.165, 1.54) is 32.1 Å². The minimum atomic E-state index is -0.0998. The van der Waals surface area contributed by atoms with E-state index in [0.717, 1.165) is 44.1 Å². The van der Waals surface area contributed by atoms with Crippen LogP contribution >= 0.6 is 0 Å². The van der Waals surface area contributed by atoms with Crippen molar-refractivity contribution in [3.05, 3.63) is 11.6 Å². The lowest BCUT2D eigenvalue weighted by Crippen LogP contribution is -2.68. The van der Waals surface area contributed by atoms with Crippen molar-refractivity contribution in [2.24, 2.45) is 5.41 Å². The molecule has 2 aliphatic carbocycles. The van der Waals surface area contributed by atoms with Gasteiger partial charge in [0, 0.05) is 31.0 Å². The lowest BCUT2D eigenvalue weighted by Gasteiger charge is -2.60. The topological polar surface area (TPSA) is 81.1 Å². The number of nitrogens with zero attached hydrogens (tertiary/aromatic N) is 3. The molecule has 0 aromatic carbocycles. The normalized spacial score (nSPS) is 26.9. The van der Waals surface area contributed by atoms with Crippen LogP contribution in [0.3, 0.4) is 0 Å². The van der Waals surface area contributed by atoms with Crippen molar-refractivity contribution in [3.63, 3.8) is 0 Å². The standard InChI is InChI=1S/C18H29N5O2/c1-2-25-14-11-13(18(14)8-6-9-18)20-17(24)19-12-16-22-21-15-7-4-3-5-10-23(15)16/h13-14H,2-12H2,1H3,(H2,19,20,24)/t13-,14+/m0/s1. The van der Waals surface area contributed by atoms with E-state index in [4.69, 9.17) is 4.74 Å². The van der Waals surface area contributed by atoms with Gasteiger partial charge in [-0.25, -0.2) is 4.79 Å². The molecule has 4 rings (SSSR count). The molecule has 7 heteroatoms. The van der Waals surface area contributed by atoms with Crippen molar-refractivity contribution in [1.82, 2.24) is 25.4 Å². The van der Waals surface area contributed by atoms with Crippen molar-refractivity contribution in [1.29, 1.82) is 0 Å². The molecule has 1 aromatic rings. The third kappa shape index (κ3) is 3.03. The number of rotatable bonds is 5. The van der Waals surface area contributed by atoms with Crippen molar-refractivity contribution in [2.45, 2.75) is 83.5 Å². The van der Waals surface area contributed by atoms with Gasteiger partial charge < -0.3 is 19.9 Å². The summed E-state index contributed by atoms with van der Waals surface area (Å²) in [6.45, 7) is 4.20. The van der Waals surface area contributed by atoms with Crippen molar-refractivity contribution >= 4 is 6.03 Å². The number of urea groups is 1. The summed E-state index contributed by atoms with van der Waals surface area (Å²) in [6, 6.07) is 0.144. The molecule has 138 valence electrons. The van der Waals surface area contributed by atoms with Crippen LogP contribution in [-0.4, -0.2) is 39.5 Å². The van der Waals surface area contributed by atoms with Gasteiger partial charge >= 0.3 is 6.03 Å². The molecule has 2 saturated carbocycles. The van der Waals surface area contributed by atoms with E-state index in [2.05, 4.69) is 25.4 Å². The molecule has 1 aliphatic heterocycles. The van der Waals surface area contributed by atoms with Crippen LogP contribution in [0.4, 0.5) is 4.79 Å². The molecule has 1 aromatic heterocycles. The number of carbonyl (C=O) groups excluding carboxylic acids is 1. The van der Waals surface area contributed by atoms with Gasteiger partial charge in [-0.15, -0.1) is 10.2 Å². The molecule has 2 fully saturated rings. The highest BCUT2D eigenvalue weighted by molar-refractivity contribution is 5.74. The molecular weight excluding hydrogens is 318 g/mol. The Morgan fingerprint density at radius 1 is 1.28 bits per heavy atom. The first-order chi connectivity index (χ1) is 12.2. The van der Waals surface area contributed by atoms with E-state index in [-0.39, 0.29) is 17.5 Å². The molecule has 0 radical (unpaired) electrons. The van der Waals surface area contributed by atoms with Gasteiger partial charge in [-0.3, -0.25) is 0 Å². The molecule has 25 heavy (non-hydrogen) atoms. The molecule has 2 heterocycles. The van der Waals surface area contributed by atoms with Gasteiger partial charge in [-0.2, -0.15) is 0 Å². The Bertz CT molecular complexity index is 625. The predicted octanol–water partition coefficient (Wildman–Crippen LogP) is 2.15. The fraction of sp³-hybridized carbons (Fsp3) is 0.833. The maximum Gasteiger partial charge on any atom is 0.315 e. The fourth-order valence-electron chi connectivity index (χ4n) is 4.69. The highest BCUT2D eigenvalue weighted by atomic mass is 16.5. The average Bonchev–Trinajstić information content (AvgIpc) is 2.77. The monoisotopic (exact) mass is 347 g/mol. The summed E-state index contributed by atoms with van der Waals surface area (Å²) in [5.41, 5.74) is 0.194. The van der Waals surface area contributed by atoms with Crippen molar-refractivity contribution in [3.8, 4) is 0 Å². The highest BCUT2D eigenvalue weighted by Gasteiger charge is 2.59. The summed E-state index contributed by atoms with van der Waals surface area (Å²) >= 11 is 0. The van der Waals surface area contributed by atoms with Gasteiger partial charge in [0.25, 0.3) is 0 Å². The molecule has 2 atom stereocenters. The van der Waals surface area contributed by atoms with Crippen LogP contribution in [0.25, 0.3) is 0 Å². The third-order valence-corrected chi connectivity index (χ3v) is 6.34. The van der Waals surface area contributed by atoms with E-state index < -0.39 is 0 Å². The van der Waals surface area contributed by atoms with Gasteiger partial charge in [0.05, 0.1) is 12.6 Å². The Hall–Kier alpha value is -1.63. The van der Waals surface area contributed by atoms with Crippen molar-refractivity contribution < 1.29 is 9.53 Å². The predicted molar refractivity (Wildman–Crippen MR) is 93.1 cm³/mol. The summed E-state index contributed by atoms with van der Waals surface area (Å²) in [4.78, 5) is 12.3. The molecule has 0 unspecified atom stereocenters. The molecule has 7 nitrogen and oxygen atoms in total. The van der Waals surface area contributed by atoms with E-state index in [0.29, 0.717) is 12.6 Å². The summed E-state index contributed by atoms with van der Waals surface area (Å²) < 4.78 is 8.02. The minimum Gasteiger partial charge on any atom is -0.378 e. The zero-order chi connectivity index (χ0) is 17.3. The summed E-state index contributed by atoms with van der Waals surface area (Å²) in [5, 5.41) is 14.7. The van der Waals surface area contributed by atoms with Gasteiger partial charge in [0.2, 0.25) is 0 Å². The Morgan fingerprint density at radius 2 is 2.16 bits per heavy atom. The first-order valence-corrected chi connectivity index (χ1v) is 9.80. The number of carbonyl (C=O) groups is 1. The number of amides is 2. The number of ether oxygens (including phenoxy) is 1. The van der Waals surface area contributed by atoms with Crippen LogP contribution in [0.5, 0.6) is 0 Å². The van der Waals surface area contributed by atoms with E-state index in [1.54, 1.807) is 0 Å². The van der Waals surface area contributed by atoms with Crippen LogP contribution < -0.4 is 10.6 Å². The second kappa shape index (κ2) is 6.94. The van der Waals surface area contributed by atoms with Gasteiger partial charge in [0.15, 0.2) is 5.82 Å². The SMILES string of the molecule is CCO[C@@H]1C[C@H](NC(=O)NCc2nnc3n2CCCCC3)C12CCC2. The van der Waals surface area contributed by atoms with E-state index >= 15 is 0 Å². The van der Waals surface area contributed by atoms with Gasteiger partial charge in [-0.05, 0) is 39.0 Å². The summed E-state index contributed by atoms with van der Waals surface area (Å²) in [7, 11) is 0. The second-order valence-electron chi connectivity index (χ2n) is 7.64. The molecule has 1 spiro atoms. The fourth-order valence-corrected chi connectivity index (χ4v) is 4.69. The number of fused-ring (bicyclic) bond motifs is 1. The van der Waals surface area contributed by atoms with Crippen LogP contribution in [0.1, 0.15) is 63.5 Å². The smallest absolute Gasteiger partial charge is 0.315 e. The maximum absolute atomic E-state index is 12.3. The quantitative estimate of drug-likeness (QED) is 0.855. The lowest BCUT2D eigenvalue weighted by molar-refractivity contribution is -0.169. The van der Waals surface area contributed by atoms with E-state index in [1.807, 2.05) is 6.92 Å². The highest BCUT2D eigenvalue weighted by Crippen LogP contribution is 2.57. The number of nitrogens with one attached hydrogen (secondary N) is 2. The van der Waals surface area contributed by atoms with Gasteiger partial charge in [0.1, 0.15) is 5.82 Å². The maximum atomic E-state index is 12.3. The van der Waals surface area contributed by atoms with Crippen molar-refractivity contribution in [2.75, 3.05) is 6.61 Å². The molecule has 0 saturated heterocycles. The Morgan fingerprint density at radius 3 is 2.92 bits per heavy atom. The van der Waals surface area contributed by atoms with Crippen LogP contribution in [0.15, 0.2) is 0 Å². The van der Waals surface area contributed by atoms with Crippen LogP contribution in [0, 0.1) is 5.41 Å². The largest absolute Gasteiger partial charge is 0.378 e. The van der Waals surface area contributed by atoms with E-state index in [9.17, 15) is 4.79 Å². The van der Waals surface area contributed by atoms with Gasteiger partial charge in [-0.1, -0.05) is 12.8 Å². The lowest BCUT2D eigenvalue weighted by atomic mass is 9.51. The zero-order valence-electron chi connectivity index (χ0n) is 15.1. The molecule has 2 amide bonds. The Balaban J connectivity index is 1.30. The third-order valence-electron chi connectivity index (χ3n) is 6.34. The van der Waals surface area contributed by atoms with Crippen LogP contribution in [0.2, 0.25) is 0 Å². The summed E-state index contributed by atoms with van der Waals surface area (Å²) in [6.07, 6.45) is 9.40. The summed E-state index contributed by atoms with van der Waals surface area (Å²) in [5.74, 6) is 1.92. The van der Waals surface area contributed by atoms with Crippen LogP contribution in [-0.2, 0) is 24.2 Å². The zero-order valence-corrected chi connectivity index (χ0v) is 15.1. The molecular formula is C18H29N5O2. The number of aryl methyl sites for hydroxylation is 1. The average molecular weight is 347 g/mol. The number of hydrogen-bond donors (Lipinski definition) is 2. The first kappa shape index (κ1) is 16.8. The molecule has 0 bridgehead atoms. The second-order valence-corrected chi connectivity index (χ2v) is 7.64. The first-order valence-electron chi connectivity index (χ1n) is 9.80. The number of hydrogen-bond acceptors (Lipinski definition) is 4.